The zero-order chi connectivity index (χ0) is 13.0. The molecule has 2 rings (SSSR count). The van der Waals surface area contributed by atoms with Gasteiger partial charge in [0.1, 0.15) is 0 Å². The highest BCUT2D eigenvalue weighted by molar-refractivity contribution is 6.09. The molecule has 2 heteroatoms. The summed E-state index contributed by atoms with van der Waals surface area (Å²) in [5.74, 6) is 5.35. The van der Waals surface area contributed by atoms with Crippen molar-refractivity contribution in [3.8, 4) is 11.8 Å². The molecule has 1 aromatic carbocycles. The summed E-state index contributed by atoms with van der Waals surface area (Å²) in [6, 6.07) is 12.8. The fourth-order valence-corrected chi connectivity index (χ4v) is 1.60. The first-order chi connectivity index (χ1) is 8.68. The molecule has 0 spiro atoms. The first-order valence-electron chi connectivity index (χ1n) is 5.63. The Labute approximate surface area is 107 Å². The van der Waals surface area contributed by atoms with E-state index in [0.717, 1.165) is 11.4 Å². The monoisotopic (exact) mass is 235 g/mol. The van der Waals surface area contributed by atoms with Gasteiger partial charge in [0.25, 0.3) is 0 Å². The molecule has 0 saturated heterocycles. The van der Waals surface area contributed by atoms with Crippen molar-refractivity contribution in [1.82, 2.24) is 4.57 Å². The number of nitrogens with zero attached hydrogens (tertiary/aromatic N) is 1. The van der Waals surface area contributed by atoms with Gasteiger partial charge in [-0.2, -0.15) is 0 Å². The molecule has 1 aromatic heterocycles. The van der Waals surface area contributed by atoms with Crippen LogP contribution in [0.3, 0.4) is 0 Å². The maximum Gasteiger partial charge on any atom is 0.236 e. The Bertz CT molecular complexity index is 638. The molecule has 2 nitrogen and oxygen atoms in total. The number of allylic oxidation sites excluding steroid dienone is 1. The molecule has 0 fully saturated rings. The Balaban J connectivity index is 2.25. The van der Waals surface area contributed by atoms with E-state index in [2.05, 4.69) is 18.4 Å². The molecular weight excluding hydrogens is 222 g/mol. The van der Waals surface area contributed by atoms with E-state index in [1.54, 1.807) is 12.1 Å². The lowest BCUT2D eigenvalue weighted by Gasteiger charge is -2.01. The van der Waals surface area contributed by atoms with Crippen LogP contribution in [0, 0.1) is 11.8 Å². The van der Waals surface area contributed by atoms with Gasteiger partial charge in [0.15, 0.2) is 0 Å². The molecule has 0 saturated carbocycles. The average Bonchev–Trinajstić information content (AvgIpc) is 2.85. The highest BCUT2D eigenvalue weighted by Crippen LogP contribution is 2.07. The summed E-state index contributed by atoms with van der Waals surface area (Å²) in [6.45, 7) is 5.75. The second-order valence-electron chi connectivity index (χ2n) is 3.94. The summed E-state index contributed by atoms with van der Waals surface area (Å²) in [4.78, 5) is 11.8. The van der Waals surface area contributed by atoms with Crippen molar-refractivity contribution in [3.63, 3.8) is 0 Å². The highest BCUT2D eigenvalue weighted by Gasteiger charge is 2.01. The standard InChI is InChI=1S/C16H13NO/c1-13(2)17-12-6-9-15(17)10-11-16(18)14-7-4-3-5-8-14/h3-9,12H,1H2,2H3. The summed E-state index contributed by atoms with van der Waals surface area (Å²) < 4.78 is 1.85. The average molecular weight is 235 g/mol. The Morgan fingerprint density at radius 3 is 2.56 bits per heavy atom. The maximum atomic E-state index is 11.8. The smallest absolute Gasteiger partial charge is 0.236 e. The first-order valence-corrected chi connectivity index (χ1v) is 5.63. The third-order valence-corrected chi connectivity index (χ3v) is 2.50. The normalized spacial score (nSPS) is 9.39. The van der Waals surface area contributed by atoms with Gasteiger partial charge in [-0.1, -0.05) is 36.9 Å². The maximum absolute atomic E-state index is 11.8. The van der Waals surface area contributed by atoms with E-state index in [4.69, 9.17) is 0 Å². The van der Waals surface area contributed by atoms with Crippen molar-refractivity contribution < 1.29 is 4.79 Å². The van der Waals surface area contributed by atoms with E-state index in [0.29, 0.717) is 5.56 Å². The molecule has 18 heavy (non-hydrogen) atoms. The Morgan fingerprint density at radius 1 is 1.17 bits per heavy atom. The van der Waals surface area contributed by atoms with Crippen molar-refractivity contribution in [3.05, 3.63) is 66.5 Å². The predicted octanol–water partition coefficient (Wildman–Crippen LogP) is 3.21. The topological polar surface area (TPSA) is 22.0 Å². The summed E-state index contributed by atoms with van der Waals surface area (Å²) in [6.07, 6.45) is 1.87. The van der Waals surface area contributed by atoms with Crippen LogP contribution < -0.4 is 0 Å². The van der Waals surface area contributed by atoms with Crippen LogP contribution in [0.2, 0.25) is 0 Å². The Morgan fingerprint density at radius 2 is 1.89 bits per heavy atom. The van der Waals surface area contributed by atoms with Crippen molar-refractivity contribution in [2.75, 3.05) is 0 Å². The van der Waals surface area contributed by atoms with Gasteiger partial charge in [-0.3, -0.25) is 4.79 Å². The summed E-state index contributed by atoms with van der Waals surface area (Å²) in [5, 5.41) is 0. The Kier molecular flexibility index (Phi) is 3.45. The van der Waals surface area contributed by atoms with Gasteiger partial charge in [-0.25, -0.2) is 0 Å². The molecular formula is C16H13NO. The van der Waals surface area contributed by atoms with E-state index in [1.807, 2.05) is 48.0 Å². The summed E-state index contributed by atoms with van der Waals surface area (Å²) >= 11 is 0. The molecule has 0 atom stereocenters. The number of benzene rings is 1. The van der Waals surface area contributed by atoms with E-state index in [-0.39, 0.29) is 5.78 Å². The zero-order valence-electron chi connectivity index (χ0n) is 10.2. The minimum Gasteiger partial charge on any atom is -0.315 e. The van der Waals surface area contributed by atoms with Crippen LogP contribution >= 0.6 is 0 Å². The van der Waals surface area contributed by atoms with Gasteiger partial charge in [0.2, 0.25) is 5.78 Å². The second kappa shape index (κ2) is 5.20. The fourth-order valence-electron chi connectivity index (χ4n) is 1.60. The van der Waals surface area contributed by atoms with Gasteiger partial charge in [-0.05, 0) is 30.9 Å². The van der Waals surface area contributed by atoms with Crippen molar-refractivity contribution in [2.24, 2.45) is 0 Å². The van der Waals surface area contributed by atoms with Crippen molar-refractivity contribution in [2.45, 2.75) is 6.92 Å². The van der Waals surface area contributed by atoms with Crippen LogP contribution in [0.4, 0.5) is 0 Å². The SMILES string of the molecule is C=C(C)n1cccc1C#CC(=O)c1ccccc1. The van der Waals surface area contributed by atoms with Gasteiger partial charge < -0.3 is 4.57 Å². The fraction of sp³-hybridized carbons (Fsp3) is 0.0625. The number of aromatic nitrogens is 1. The molecule has 0 amide bonds. The van der Waals surface area contributed by atoms with Gasteiger partial charge in [0.05, 0.1) is 5.69 Å². The van der Waals surface area contributed by atoms with Crippen molar-refractivity contribution in [1.29, 1.82) is 0 Å². The lowest BCUT2D eigenvalue weighted by atomic mass is 10.1. The molecule has 0 N–H and O–H groups in total. The molecule has 0 aliphatic carbocycles. The molecule has 0 radical (unpaired) electrons. The molecule has 2 aromatic rings. The highest BCUT2D eigenvalue weighted by atomic mass is 16.1. The van der Waals surface area contributed by atoms with E-state index >= 15 is 0 Å². The van der Waals surface area contributed by atoms with Gasteiger partial charge in [-0.15, -0.1) is 0 Å². The molecule has 0 bridgehead atoms. The number of Topliss-reactive ketones (excluding diaryl/α,β-unsaturated/α-hetero) is 1. The van der Waals surface area contributed by atoms with Crippen LogP contribution in [-0.2, 0) is 0 Å². The molecule has 0 unspecified atom stereocenters. The number of carbonyl (C=O) groups excluding carboxylic acids is 1. The Hall–Kier alpha value is -2.53. The van der Waals surface area contributed by atoms with Crippen LogP contribution in [0.15, 0.2) is 55.2 Å². The second-order valence-corrected chi connectivity index (χ2v) is 3.94. The lowest BCUT2D eigenvalue weighted by Crippen LogP contribution is -1.96. The molecule has 1 heterocycles. The number of hydrogen-bond donors (Lipinski definition) is 0. The van der Waals surface area contributed by atoms with E-state index in [9.17, 15) is 4.79 Å². The minimum atomic E-state index is -0.176. The number of ketones is 1. The summed E-state index contributed by atoms with van der Waals surface area (Å²) in [5.41, 5.74) is 2.25. The van der Waals surface area contributed by atoms with Gasteiger partial charge >= 0.3 is 0 Å². The third-order valence-electron chi connectivity index (χ3n) is 2.50. The first kappa shape index (κ1) is 11.9. The lowest BCUT2D eigenvalue weighted by molar-refractivity contribution is 0.105. The van der Waals surface area contributed by atoms with Crippen LogP contribution in [0.5, 0.6) is 0 Å². The van der Waals surface area contributed by atoms with E-state index < -0.39 is 0 Å². The minimum absolute atomic E-state index is 0.176. The molecule has 0 aliphatic rings. The van der Waals surface area contributed by atoms with Crippen molar-refractivity contribution >= 4 is 11.5 Å². The van der Waals surface area contributed by atoms with Gasteiger partial charge in [0, 0.05) is 17.5 Å². The van der Waals surface area contributed by atoms with Crippen LogP contribution in [0.1, 0.15) is 23.0 Å². The quantitative estimate of drug-likeness (QED) is 0.578. The third kappa shape index (κ3) is 2.58. The molecule has 88 valence electrons. The van der Waals surface area contributed by atoms with Crippen LogP contribution in [0.25, 0.3) is 5.70 Å². The van der Waals surface area contributed by atoms with Crippen LogP contribution in [-0.4, -0.2) is 10.4 Å². The zero-order valence-corrected chi connectivity index (χ0v) is 10.2. The molecule has 0 aliphatic heterocycles. The largest absolute Gasteiger partial charge is 0.315 e. The number of hydrogen-bond acceptors (Lipinski definition) is 1. The van der Waals surface area contributed by atoms with E-state index in [1.165, 1.54) is 0 Å². The number of carbonyl (C=O) groups is 1. The number of rotatable bonds is 2. The summed E-state index contributed by atoms with van der Waals surface area (Å²) in [7, 11) is 0. The predicted molar refractivity (Wildman–Crippen MR) is 73.1 cm³/mol.